The van der Waals surface area contributed by atoms with Gasteiger partial charge in [-0.3, -0.25) is 9.47 Å². The van der Waals surface area contributed by atoms with Crippen molar-refractivity contribution in [1.29, 1.82) is 0 Å². The summed E-state index contributed by atoms with van der Waals surface area (Å²) in [4.78, 5) is 29.7. The van der Waals surface area contributed by atoms with Gasteiger partial charge in [0.25, 0.3) is 0 Å². The first-order chi connectivity index (χ1) is 14.1. The minimum atomic E-state index is -0.328. The molecule has 0 saturated carbocycles. The largest absolute Gasteiger partial charge is 0.423 e. The second-order valence-corrected chi connectivity index (χ2v) is 8.47. The maximum absolute atomic E-state index is 12.5. The van der Waals surface area contributed by atoms with Crippen molar-refractivity contribution >= 4 is 37.9 Å². The summed E-state index contributed by atoms with van der Waals surface area (Å²) in [7, 11) is 0. The lowest BCUT2D eigenvalue weighted by atomic mass is 10.0. The summed E-state index contributed by atoms with van der Waals surface area (Å²) >= 11 is 3.43. The molecule has 4 aromatic rings. The fourth-order valence-corrected chi connectivity index (χ4v) is 4.69. The van der Waals surface area contributed by atoms with Crippen LogP contribution < -0.4 is 11.3 Å². The monoisotopic (exact) mass is 453 g/mol. The Morgan fingerprint density at radius 1 is 1.07 bits per heavy atom. The highest BCUT2D eigenvalue weighted by atomic mass is 79.9. The molecule has 1 N–H and O–H groups in total. The smallest absolute Gasteiger partial charge is 0.336 e. The summed E-state index contributed by atoms with van der Waals surface area (Å²) in [6.07, 6.45) is 1.79. The molecule has 3 heterocycles. The van der Waals surface area contributed by atoms with Crippen molar-refractivity contribution < 1.29 is 4.42 Å². The number of aromatic amines is 1. The lowest BCUT2D eigenvalue weighted by molar-refractivity contribution is 0.180. The summed E-state index contributed by atoms with van der Waals surface area (Å²) in [5.74, 6) is 0. The number of piperidine rings is 1. The van der Waals surface area contributed by atoms with Crippen molar-refractivity contribution in [3.63, 3.8) is 0 Å². The van der Waals surface area contributed by atoms with Crippen molar-refractivity contribution in [2.75, 3.05) is 13.1 Å². The van der Waals surface area contributed by atoms with Gasteiger partial charge in [-0.1, -0.05) is 28.1 Å². The fourth-order valence-electron chi connectivity index (χ4n) is 4.35. The molecule has 29 heavy (non-hydrogen) atoms. The SMILES string of the molecule is O=c1cc(CN2CCC(n3c(=O)[nH]c4ccccc43)CC2)c2ccc(Br)cc2o1. The Hall–Kier alpha value is -2.64. The standard InChI is InChI=1S/C22H20BrN3O3/c23-15-5-6-17-14(11-21(27)29-20(17)12-15)13-25-9-7-16(8-10-25)26-19-4-2-1-3-18(19)24-22(26)28/h1-6,11-12,16H,7-10,13H2,(H,24,28). The van der Waals surface area contributed by atoms with E-state index in [9.17, 15) is 9.59 Å². The second kappa shape index (κ2) is 7.31. The first-order valence-corrected chi connectivity index (χ1v) is 10.5. The summed E-state index contributed by atoms with van der Waals surface area (Å²) in [6.45, 7) is 2.43. The number of hydrogen-bond acceptors (Lipinski definition) is 4. The zero-order valence-corrected chi connectivity index (χ0v) is 17.3. The Morgan fingerprint density at radius 2 is 1.86 bits per heavy atom. The van der Waals surface area contributed by atoms with E-state index in [1.54, 1.807) is 6.07 Å². The number of hydrogen-bond donors (Lipinski definition) is 1. The summed E-state index contributed by atoms with van der Waals surface area (Å²) < 4.78 is 8.13. The molecule has 0 radical (unpaired) electrons. The molecule has 7 heteroatoms. The third-order valence-corrected chi connectivity index (χ3v) is 6.23. The molecule has 148 valence electrons. The van der Waals surface area contributed by atoms with E-state index in [2.05, 4.69) is 25.8 Å². The van der Waals surface area contributed by atoms with Crippen LogP contribution in [0.1, 0.15) is 24.4 Å². The van der Waals surface area contributed by atoms with E-state index in [0.29, 0.717) is 12.1 Å². The molecular weight excluding hydrogens is 434 g/mol. The van der Waals surface area contributed by atoms with Crippen molar-refractivity contribution in [2.24, 2.45) is 0 Å². The predicted octanol–water partition coefficient (Wildman–Crippen LogP) is 4.04. The van der Waals surface area contributed by atoms with Gasteiger partial charge in [-0.25, -0.2) is 9.59 Å². The van der Waals surface area contributed by atoms with Crippen LogP contribution in [0.5, 0.6) is 0 Å². The number of imidazole rings is 1. The quantitative estimate of drug-likeness (QED) is 0.475. The Balaban J connectivity index is 1.37. The van der Waals surface area contributed by atoms with Crippen molar-refractivity contribution in [3.05, 3.63) is 79.5 Å². The van der Waals surface area contributed by atoms with Crippen LogP contribution in [0.15, 0.2) is 67.0 Å². The van der Waals surface area contributed by atoms with Gasteiger partial charge in [-0.2, -0.15) is 0 Å². The molecule has 0 bridgehead atoms. The zero-order chi connectivity index (χ0) is 20.0. The number of likely N-dealkylation sites (tertiary alicyclic amines) is 1. The van der Waals surface area contributed by atoms with E-state index in [0.717, 1.165) is 52.4 Å². The highest BCUT2D eigenvalue weighted by molar-refractivity contribution is 9.10. The van der Waals surface area contributed by atoms with Crippen molar-refractivity contribution in [1.82, 2.24) is 14.5 Å². The molecule has 5 rings (SSSR count). The number of H-pyrrole nitrogens is 1. The summed E-state index contributed by atoms with van der Waals surface area (Å²) in [5, 5.41) is 0.961. The number of nitrogens with zero attached hydrogens (tertiary/aromatic N) is 2. The van der Waals surface area contributed by atoms with Gasteiger partial charge in [0, 0.05) is 41.6 Å². The minimum Gasteiger partial charge on any atom is -0.423 e. The minimum absolute atomic E-state index is 0.0399. The van der Waals surface area contributed by atoms with Crippen molar-refractivity contribution in [3.8, 4) is 0 Å². The average Bonchev–Trinajstić information content (AvgIpc) is 3.04. The highest BCUT2D eigenvalue weighted by Gasteiger charge is 2.24. The molecule has 1 fully saturated rings. The number of fused-ring (bicyclic) bond motifs is 2. The molecule has 2 aromatic carbocycles. The van der Waals surface area contributed by atoms with E-state index in [4.69, 9.17) is 4.42 Å². The molecule has 2 aromatic heterocycles. The molecule has 1 aliphatic heterocycles. The first-order valence-electron chi connectivity index (χ1n) is 9.72. The Labute approximate surface area is 174 Å². The summed E-state index contributed by atoms with van der Waals surface area (Å²) in [6, 6.07) is 15.4. The van der Waals surface area contributed by atoms with E-state index in [1.165, 1.54) is 0 Å². The van der Waals surface area contributed by atoms with Crippen LogP contribution in [-0.4, -0.2) is 27.5 Å². The van der Waals surface area contributed by atoms with E-state index in [1.807, 2.05) is 47.0 Å². The Morgan fingerprint density at radius 3 is 2.69 bits per heavy atom. The lowest BCUT2D eigenvalue weighted by Gasteiger charge is -2.32. The molecule has 6 nitrogen and oxygen atoms in total. The van der Waals surface area contributed by atoms with Gasteiger partial charge >= 0.3 is 11.3 Å². The van der Waals surface area contributed by atoms with Gasteiger partial charge < -0.3 is 9.40 Å². The Kier molecular flexibility index (Phi) is 4.64. The maximum atomic E-state index is 12.5. The first kappa shape index (κ1) is 18.4. The fraction of sp³-hybridized carbons (Fsp3) is 0.273. The van der Waals surface area contributed by atoms with Gasteiger partial charge in [-0.05, 0) is 48.7 Å². The van der Waals surface area contributed by atoms with Gasteiger partial charge in [-0.15, -0.1) is 0 Å². The van der Waals surface area contributed by atoms with Crippen LogP contribution in [0.25, 0.3) is 22.0 Å². The molecular formula is C22H20BrN3O3. The third-order valence-electron chi connectivity index (χ3n) is 5.73. The van der Waals surface area contributed by atoms with Crippen LogP contribution in [0, 0.1) is 0 Å². The molecule has 0 atom stereocenters. The molecule has 0 amide bonds. The molecule has 0 spiro atoms. The number of para-hydroxylation sites is 2. The van der Waals surface area contributed by atoms with Gasteiger partial charge in [0.05, 0.1) is 11.0 Å². The molecule has 1 aliphatic rings. The van der Waals surface area contributed by atoms with Crippen LogP contribution in [-0.2, 0) is 6.54 Å². The molecule has 0 aliphatic carbocycles. The van der Waals surface area contributed by atoms with Gasteiger partial charge in [0.1, 0.15) is 5.58 Å². The molecule has 1 saturated heterocycles. The normalized spacial score (nSPS) is 16.0. The third kappa shape index (κ3) is 3.45. The lowest BCUT2D eigenvalue weighted by Crippen LogP contribution is -2.36. The number of benzene rings is 2. The average molecular weight is 454 g/mol. The number of halogens is 1. The van der Waals surface area contributed by atoms with Crippen molar-refractivity contribution in [2.45, 2.75) is 25.4 Å². The van der Waals surface area contributed by atoms with Crippen LogP contribution in [0.4, 0.5) is 0 Å². The van der Waals surface area contributed by atoms with Gasteiger partial charge in [0.2, 0.25) is 0 Å². The highest BCUT2D eigenvalue weighted by Crippen LogP contribution is 2.27. The predicted molar refractivity (Wildman–Crippen MR) is 116 cm³/mol. The number of rotatable bonds is 3. The van der Waals surface area contributed by atoms with Gasteiger partial charge in [0.15, 0.2) is 0 Å². The van der Waals surface area contributed by atoms with E-state index >= 15 is 0 Å². The maximum Gasteiger partial charge on any atom is 0.336 e. The zero-order valence-electron chi connectivity index (χ0n) is 15.7. The number of nitrogens with one attached hydrogen (secondary N) is 1. The van der Waals surface area contributed by atoms with Crippen LogP contribution in [0.3, 0.4) is 0 Å². The number of aromatic nitrogens is 2. The van der Waals surface area contributed by atoms with Crippen LogP contribution >= 0.6 is 15.9 Å². The molecule has 0 unspecified atom stereocenters. The summed E-state index contributed by atoms with van der Waals surface area (Å²) in [5.41, 5.74) is 3.06. The van der Waals surface area contributed by atoms with Crippen LogP contribution in [0.2, 0.25) is 0 Å². The Bertz CT molecular complexity index is 1310. The second-order valence-electron chi connectivity index (χ2n) is 7.56. The van der Waals surface area contributed by atoms with E-state index < -0.39 is 0 Å². The topological polar surface area (TPSA) is 71.2 Å². The van der Waals surface area contributed by atoms with E-state index in [-0.39, 0.29) is 17.4 Å².